The summed E-state index contributed by atoms with van der Waals surface area (Å²) in [5.74, 6) is 0.521. The highest BCUT2D eigenvalue weighted by atomic mass is 19.1. The number of rotatable bonds is 3. The first-order chi connectivity index (χ1) is 12.2. The standard InChI is InChI=1S/C18H16FN3O3/c19-14-3-1-13(2-4-14)18(6-9-24-10-7-18)17-21-16(22-25-17)12-5-8-20-15(23)11-12/h1-5,8,11H,6-7,9-10H2,(H,20,23). The first-order valence-corrected chi connectivity index (χ1v) is 8.04. The fourth-order valence-corrected chi connectivity index (χ4v) is 3.23. The average Bonchev–Trinajstić information content (AvgIpc) is 3.14. The van der Waals surface area contributed by atoms with Crippen LogP contribution in [0.1, 0.15) is 24.3 Å². The Labute approximate surface area is 142 Å². The molecule has 6 nitrogen and oxygen atoms in total. The van der Waals surface area contributed by atoms with Crippen LogP contribution in [0.4, 0.5) is 4.39 Å². The molecule has 7 heteroatoms. The number of hydrogen-bond donors (Lipinski definition) is 1. The number of benzene rings is 1. The molecule has 0 saturated carbocycles. The normalized spacial score (nSPS) is 16.7. The summed E-state index contributed by atoms with van der Waals surface area (Å²) in [7, 11) is 0. The fraction of sp³-hybridized carbons (Fsp3) is 0.278. The molecule has 25 heavy (non-hydrogen) atoms. The Bertz CT molecular complexity index is 927. The van der Waals surface area contributed by atoms with Gasteiger partial charge in [0.15, 0.2) is 0 Å². The van der Waals surface area contributed by atoms with Crippen LogP contribution in [0, 0.1) is 5.82 Å². The lowest BCUT2D eigenvalue weighted by Crippen LogP contribution is -2.35. The van der Waals surface area contributed by atoms with E-state index in [1.807, 2.05) is 0 Å². The summed E-state index contributed by atoms with van der Waals surface area (Å²) >= 11 is 0. The summed E-state index contributed by atoms with van der Waals surface area (Å²) in [6.45, 7) is 1.11. The maximum Gasteiger partial charge on any atom is 0.248 e. The van der Waals surface area contributed by atoms with Crippen LogP contribution in [0.25, 0.3) is 11.4 Å². The van der Waals surface area contributed by atoms with Gasteiger partial charge in [0, 0.05) is 31.0 Å². The number of hydrogen-bond acceptors (Lipinski definition) is 5. The number of aromatic amines is 1. The molecular formula is C18H16FN3O3. The lowest BCUT2D eigenvalue weighted by Gasteiger charge is -2.34. The second-order valence-electron chi connectivity index (χ2n) is 6.07. The van der Waals surface area contributed by atoms with E-state index < -0.39 is 5.41 Å². The van der Waals surface area contributed by atoms with Crippen LogP contribution < -0.4 is 5.56 Å². The van der Waals surface area contributed by atoms with Crippen LogP contribution in [-0.2, 0) is 10.2 Å². The Morgan fingerprint density at radius 1 is 1.12 bits per heavy atom. The van der Waals surface area contributed by atoms with Crippen molar-refractivity contribution in [3.63, 3.8) is 0 Å². The summed E-state index contributed by atoms with van der Waals surface area (Å²) in [6, 6.07) is 9.49. The zero-order chi connectivity index (χ0) is 17.3. The van der Waals surface area contributed by atoms with Gasteiger partial charge >= 0.3 is 0 Å². The van der Waals surface area contributed by atoms with Crippen molar-refractivity contribution in [1.29, 1.82) is 0 Å². The highest BCUT2D eigenvalue weighted by Gasteiger charge is 2.41. The van der Waals surface area contributed by atoms with Crippen molar-refractivity contribution in [1.82, 2.24) is 15.1 Å². The molecule has 0 atom stereocenters. The molecule has 0 bridgehead atoms. The molecule has 3 heterocycles. The highest BCUT2D eigenvalue weighted by Crippen LogP contribution is 2.40. The molecule has 1 fully saturated rings. The van der Waals surface area contributed by atoms with Crippen LogP contribution in [0.3, 0.4) is 0 Å². The molecule has 0 unspecified atom stereocenters. The smallest absolute Gasteiger partial charge is 0.248 e. The summed E-state index contributed by atoms with van der Waals surface area (Å²) in [6.07, 6.45) is 2.86. The molecule has 1 aromatic carbocycles. The van der Waals surface area contributed by atoms with E-state index in [-0.39, 0.29) is 11.4 Å². The molecule has 0 aliphatic carbocycles. The van der Waals surface area contributed by atoms with Crippen LogP contribution in [0.15, 0.2) is 51.9 Å². The van der Waals surface area contributed by atoms with Crippen LogP contribution in [0.2, 0.25) is 0 Å². The summed E-state index contributed by atoms with van der Waals surface area (Å²) < 4.78 is 24.4. The Morgan fingerprint density at radius 3 is 2.60 bits per heavy atom. The number of pyridine rings is 1. The number of halogens is 1. The predicted octanol–water partition coefficient (Wildman–Crippen LogP) is 2.66. The van der Waals surface area contributed by atoms with E-state index in [0.717, 1.165) is 5.56 Å². The van der Waals surface area contributed by atoms with Gasteiger partial charge in [-0.05, 0) is 36.6 Å². The van der Waals surface area contributed by atoms with Gasteiger partial charge in [-0.1, -0.05) is 17.3 Å². The summed E-state index contributed by atoms with van der Waals surface area (Å²) in [5, 5.41) is 4.04. The van der Waals surface area contributed by atoms with E-state index in [4.69, 9.17) is 9.26 Å². The van der Waals surface area contributed by atoms with Gasteiger partial charge < -0.3 is 14.2 Å². The Hall–Kier alpha value is -2.80. The Balaban J connectivity index is 1.78. The third kappa shape index (κ3) is 2.87. The minimum absolute atomic E-state index is 0.233. The first kappa shape index (κ1) is 15.7. The molecular weight excluding hydrogens is 325 g/mol. The number of H-pyrrole nitrogens is 1. The van der Waals surface area contributed by atoms with E-state index in [1.54, 1.807) is 18.2 Å². The van der Waals surface area contributed by atoms with Gasteiger partial charge in [0.2, 0.25) is 17.3 Å². The molecule has 0 spiro atoms. The van der Waals surface area contributed by atoms with Crippen molar-refractivity contribution >= 4 is 0 Å². The van der Waals surface area contributed by atoms with E-state index in [2.05, 4.69) is 15.1 Å². The maximum atomic E-state index is 13.3. The lowest BCUT2D eigenvalue weighted by molar-refractivity contribution is 0.0523. The second kappa shape index (κ2) is 6.25. The van der Waals surface area contributed by atoms with Gasteiger partial charge in [-0.3, -0.25) is 4.79 Å². The minimum atomic E-state index is -0.515. The molecule has 2 aromatic heterocycles. The number of nitrogens with one attached hydrogen (secondary N) is 1. The van der Waals surface area contributed by atoms with Crippen molar-refractivity contribution in [2.45, 2.75) is 18.3 Å². The van der Waals surface area contributed by atoms with Crippen molar-refractivity contribution in [3.05, 3.63) is 70.2 Å². The van der Waals surface area contributed by atoms with Crippen molar-refractivity contribution in [2.24, 2.45) is 0 Å². The van der Waals surface area contributed by atoms with E-state index in [0.29, 0.717) is 43.3 Å². The van der Waals surface area contributed by atoms with Crippen molar-refractivity contribution in [2.75, 3.05) is 13.2 Å². The van der Waals surface area contributed by atoms with Gasteiger partial charge in [-0.2, -0.15) is 4.98 Å². The van der Waals surface area contributed by atoms with Gasteiger partial charge in [-0.15, -0.1) is 0 Å². The number of aromatic nitrogens is 3. The van der Waals surface area contributed by atoms with Crippen molar-refractivity contribution < 1.29 is 13.7 Å². The molecule has 1 N–H and O–H groups in total. The molecule has 4 rings (SSSR count). The first-order valence-electron chi connectivity index (χ1n) is 8.04. The summed E-state index contributed by atoms with van der Waals surface area (Å²) in [5.41, 5.74) is 0.750. The van der Waals surface area contributed by atoms with E-state index in [1.165, 1.54) is 24.4 Å². The van der Waals surface area contributed by atoms with Crippen LogP contribution in [-0.4, -0.2) is 28.3 Å². The van der Waals surface area contributed by atoms with E-state index >= 15 is 0 Å². The molecule has 1 aliphatic rings. The predicted molar refractivity (Wildman–Crippen MR) is 87.6 cm³/mol. The molecule has 0 radical (unpaired) electrons. The SMILES string of the molecule is O=c1cc(-c2noc(C3(c4ccc(F)cc4)CCOCC3)n2)cc[nH]1. The second-order valence-corrected chi connectivity index (χ2v) is 6.07. The third-order valence-corrected chi connectivity index (χ3v) is 4.61. The highest BCUT2D eigenvalue weighted by molar-refractivity contribution is 5.53. The fourth-order valence-electron chi connectivity index (χ4n) is 3.23. The van der Waals surface area contributed by atoms with E-state index in [9.17, 15) is 9.18 Å². The van der Waals surface area contributed by atoms with Crippen LogP contribution >= 0.6 is 0 Å². The number of ether oxygens (including phenoxy) is 1. The quantitative estimate of drug-likeness (QED) is 0.792. The molecule has 3 aromatic rings. The minimum Gasteiger partial charge on any atom is -0.381 e. The maximum absolute atomic E-state index is 13.3. The molecule has 1 aliphatic heterocycles. The zero-order valence-electron chi connectivity index (χ0n) is 13.4. The lowest BCUT2D eigenvalue weighted by atomic mass is 9.74. The van der Waals surface area contributed by atoms with Gasteiger partial charge in [0.1, 0.15) is 5.82 Å². The molecule has 128 valence electrons. The van der Waals surface area contributed by atoms with Crippen molar-refractivity contribution in [3.8, 4) is 11.4 Å². The average molecular weight is 341 g/mol. The van der Waals surface area contributed by atoms with Gasteiger partial charge in [0.05, 0.1) is 5.41 Å². The zero-order valence-corrected chi connectivity index (χ0v) is 13.4. The molecule has 1 saturated heterocycles. The topological polar surface area (TPSA) is 81.0 Å². The van der Waals surface area contributed by atoms with Crippen LogP contribution in [0.5, 0.6) is 0 Å². The Morgan fingerprint density at radius 2 is 1.88 bits per heavy atom. The van der Waals surface area contributed by atoms with Gasteiger partial charge in [-0.25, -0.2) is 4.39 Å². The Kier molecular flexibility index (Phi) is 3.93. The largest absolute Gasteiger partial charge is 0.381 e. The van der Waals surface area contributed by atoms with Gasteiger partial charge in [0.25, 0.3) is 0 Å². The monoisotopic (exact) mass is 341 g/mol. The molecule has 0 amide bonds. The summed E-state index contributed by atoms with van der Waals surface area (Å²) in [4.78, 5) is 18.6. The number of nitrogens with zero attached hydrogens (tertiary/aromatic N) is 2. The third-order valence-electron chi connectivity index (χ3n) is 4.61.